The number of guanidine groups is 1. The van der Waals surface area contributed by atoms with Gasteiger partial charge in [0.2, 0.25) is 0 Å². The lowest BCUT2D eigenvalue weighted by Crippen LogP contribution is -2.41. The van der Waals surface area contributed by atoms with Gasteiger partial charge < -0.3 is 20.3 Å². The Morgan fingerprint density at radius 1 is 1.12 bits per heavy atom. The second-order valence-electron chi connectivity index (χ2n) is 6.06. The molecule has 0 aromatic rings. The Morgan fingerprint density at radius 2 is 1.83 bits per heavy atom. The summed E-state index contributed by atoms with van der Waals surface area (Å²) in [4.78, 5) is 9.41. The zero-order chi connectivity index (χ0) is 17.5. The van der Waals surface area contributed by atoms with Crippen molar-refractivity contribution in [1.29, 1.82) is 0 Å². The first-order valence-electron chi connectivity index (χ1n) is 8.98. The van der Waals surface area contributed by atoms with Gasteiger partial charge >= 0.3 is 0 Å². The number of aliphatic imine (C=N–C) groups is 1. The molecule has 24 heavy (non-hydrogen) atoms. The lowest BCUT2D eigenvalue weighted by atomic mass is 10.3. The highest BCUT2D eigenvalue weighted by Crippen LogP contribution is 1.96. The van der Waals surface area contributed by atoms with Crippen LogP contribution in [0.1, 0.15) is 34.1 Å². The van der Waals surface area contributed by atoms with Gasteiger partial charge in [0.15, 0.2) is 5.96 Å². The van der Waals surface area contributed by atoms with Gasteiger partial charge in [0.05, 0.1) is 6.54 Å². The van der Waals surface area contributed by atoms with E-state index < -0.39 is 0 Å². The van der Waals surface area contributed by atoms with Crippen molar-refractivity contribution in [3.05, 3.63) is 0 Å². The van der Waals surface area contributed by atoms with Crippen molar-refractivity contribution < 1.29 is 4.74 Å². The van der Waals surface area contributed by atoms with E-state index in [1.165, 1.54) is 0 Å². The van der Waals surface area contributed by atoms with Gasteiger partial charge in [0, 0.05) is 52.5 Å². The largest absolute Gasteiger partial charge is 0.385 e. The average Bonchev–Trinajstić information content (AvgIpc) is 2.51. The van der Waals surface area contributed by atoms with Gasteiger partial charge in [-0.1, -0.05) is 6.92 Å². The molecule has 0 amide bonds. The smallest absolute Gasteiger partial charge is 0.191 e. The number of methoxy groups -OCH3 is 1. The van der Waals surface area contributed by atoms with Crippen LogP contribution < -0.4 is 10.6 Å². The van der Waals surface area contributed by atoms with E-state index in [1.807, 2.05) is 0 Å². The first-order valence-corrected chi connectivity index (χ1v) is 8.98. The molecule has 0 aliphatic carbocycles. The predicted molar refractivity (Wildman–Crippen MR) is 116 cm³/mol. The van der Waals surface area contributed by atoms with Gasteiger partial charge in [-0.15, -0.1) is 24.0 Å². The molecule has 0 saturated carbocycles. The van der Waals surface area contributed by atoms with Crippen LogP contribution in [0.5, 0.6) is 0 Å². The molecule has 0 saturated heterocycles. The summed E-state index contributed by atoms with van der Waals surface area (Å²) in [5.41, 5.74) is 0. The van der Waals surface area contributed by atoms with E-state index >= 15 is 0 Å². The predicted octanol–water partition coefficient (Wildman–Crippen LogP) is 1.86. The minimum atomic E-state index is 0. The van der Waals surface area contributed by atoms with E-state index in [1.54, 1.807) is 7.11 Å². The summed E-state index contributed by atoms with van der Waals surface area (Å²) in [6.07, 6.45) is 1.07. The molecule has 2 N–H and O–H groups in total. The zero-order valence-electron chi connectivity index (χ0n) is 16.6. The van der Waals surface area contributed by atoms with Crippen LogP contribution in [0, 0.1) is 0 Å². The maximum absolute atomic E-state index is 5.08. The van der Waals surface area contributed by atoms with Gasteiger partial charge in [0.25, 0.3) is 0 Å². The van der Waals surface area contributed by atoms with Crippen LogP contribution in [0.4, 0.5) is 0 Å². The summed E-state index contributed by atoms with van der Waals surface area (Å²) in [6, 6.07) is 0.575. The van der Waals surface area contributed by atoms with Crippen molar-refractivity contribution in [2.24, 2.45) is 4.99 Å². The number of hydrogen-bond acceptors (Lipinski definition) is 4. The van der Waals surface area contributed by atoms with Crippen LogP contribution in [0.2, 0.25) is 0 Å². The maximum Gasteiger partial charge on any atom is 0.191 e. The van der Waals surface area contributed by atoms with Crippen LogP contribution in [0.3, 0.4) is 0 Å². The first kappa shape index (κ1) is 26.1. The van der Waals surface area contributed by atoms with Gasteiger partial charge in [0.1, 0.15) is 0 Å². The molecule has 0 heterocycles. The highest BCUT2D eigenvalue weighted by Gasteiger charge is 2.06. The molecular weight excluding hydrogens is 417 g/mol. The molecule has 0 unspecified atom stereocenters. The van der Waals surface area contributed by atoms with Crippen molar-refractivity contribution in [3.63, 3.8) is 0 Å². The Kier molecular flexibility index (Phi) is 19.3. The summed E-state index contributed by atoms with van der Waals surface area (Å²) in [5.74, 6) is 0.914. The van der Waals surface area contributed by atoms with Crippen molar-refractivity contribution in [2.45, 2.75) is 40.2 Å². The zero-order valence-corrected chi connectivity index (χ0v) is 18.9. The number of likely N-dealkylation sites (N-methyl/N-ethyl adjacent to an activating group) is 2. The Labute approximate surface area is 166 Å². The number of rotatable bonds is 13. The molecule has 0 aromatic carbocycles. The topological polar surface area (TPSA) is 52.1 Å². The van der Waals surface area contributed by atoms with Gasteiger partial charge in [-0.25, -0.2) is 0 Å². The number of hydrogen-bond donors (Lipinski definition) is 2. The van der Waals surface area contributed by atoms with Gasteiger partial charge in [-0.05, 0) is 40.8 Å². The standard InChI is InChI=1S/C17H39N5O.HI/c1-7-18-17(20-11-14-22(8-2)16(3)4)19-10-13-21(5)12-9-15-23-6;/h16H,7-15H2,1-6H3,(H2,18,19,20);1H. The SMILES string of the molecule is CCNC(=NCCN(CC)C(C)C)NCCN(C)CCCOC.I. The summed E-state index contributed by atoms with van der Waals surface area (Å²) >= 11 is 0. The molecule has 0 bridgehead atoms. The summed E-state index contributed by atoms with van der Waals surface area (Å²) in [5, 5.41) is 6.72. The molecule has 0 rings (SSSR count). The van der Waals surface area contributed by atoms with E-state index in [0.29, 0.717) is 6.04 Å². The Bertz CT molecular complexity index is 303. The monoisotopic (exact) mass is 457 g/mol. The lowest BCUT2D eigenvalue weighted by molar-refractivity contribution is 0.180. The molecule has 0 atom stereocenters. The Morgan fingerprint density at radius 3 is 2.38 bits per heavy atom. The Balaban J connectivity index is 0. The van der Waals surface area contributed by atoms with Gasteiger partial charge in [-0.2, -0.15) is 0 Å². The highest BCUT2D eigenvalue weighted by molar-refractivity contribution is 14.0. The summed E-state index contributed by atoms with van der Waals surface area (Å²) in [7, 11) is 3.89. The fourth-order valence-corrected chi connectivity index (χ4v) is 2.37. The number of ether oxygens (including phenoxy) is 1. The number of nitrogens with zero attached hydrogens (tertiary/aromatic N) is 3. The molecule has 146 valence electrons. The fraction of sp³-hybridized carbons (Fsp3) is 0.941. The second kappa shape index (κ2) is 17.7. The van der Waals surface area contributed by atoms with Gasteiger partial charge in [-0.3, -0.25) is 9.89 Å². The van der Waals surface area contributed by atoms with E-state index in [-0.39, 0.29) is 24.0 Å². The van der Waals surface area contributed by atoms with Crippen LogP contribution in [-0.4, -0.2) is 88.4 Å². The molecule has 0 radical (unpaired) electrons. The minimum Gasteiger partial charge on any atom is -0.385 e. The molecule has 0 aromatic heterocycles. The van der Waals surface area contributed by atoms with E-state index in [2.05, 4.69) is 60.2 Å². The van der Waals surface area contributed by atoms with Crippen LogP contribution in [0.15, 0.2) is 4.99 Å². The Hall–Kier alpha value is -0.120. The third kappa shape index (κ3) is 14.2. The van der Waals surface area contributed by atoms with Crippen molar-refractivity contribution in [3.8, 4) is 0 Å². The van der Waals surface area contributed by atoms with E-state index in [0.717, 1.165) is 64.8 Å². The quantitative estimate of drug-likeness (QED) is 0.191. The summed E-state index contributed by atoms with van der Waals surface area (Å²) in [6.45, 7) is 16.3. The molecule has 0 spiro atoms. The molecule has 0 aliphatic heterocycles. The van der Waals surface area contributed by atoms with Crippen molar-refractivity contribution >= 4 is 29.9 Å². The van der Waals surface area contributed by atoms with E-state index in [9.17, 15) is 0 Å². The van der Waals surface area contributed by atoms with Crippen molar-refractivity contribution in [2.75, 3.05) is 66.6 Å². The second-order valence-corrected chi connectivity index (χ2v) is 6.06. The van der Waals surface area contributed by atoms with Crippen LogP contribution in [-0.2, 0) is 4.74 Å². The van der Waals surface area contributed by atoms with E-state index in [4.69, 9.17) is 4.74 Å². The maximum atomic E-state index is 5.08. The summed E-state index contributed by atoms with van der Waals surface area (Å²) < 4.78 is 5.08. The number of halogens is 1. The fourth-order valence-electron chi connectivity index (χ4n) is 2.37. The third-order valence-corrected chi connectivity index (χ3v) is 3.81. The minimum absolute atomic E-state index is 0. The molecule has 0 fully saturated rings. The molecule has 6 nitrogen and oxygen atoms in total. The average molecular weight is 457 g/mol. The normalized spacial score (nSPS) is 12.0. The molecule has 0 aliphatic rings. The van der Waals surface area contributed by atoms with Crippen LogP contribution in [0.25, 0.3) is 0 Å². The first-order chi connectivity index (χ1) is 11.0. The lowest BCUT2D eigenvalue weighted by Gasteiger charge is -2.24. The molecule has 7 heteroatoms. The van der Waals surface area contributed by atoms with Crippen molar-refractivity contribution in [1.82, 2.24) is 20.4 Å². The highest BCUT2D eigenvalue weighted by atomic mass is 127. The van der Waals surface area contributed by atoms with Crippen LogP contribution >= 0.6 is 24.0 Å². The molecular formula is C17H40IN5O. The third-order valence-electron chi connectivity index (χ3n) is 3.81. The number of nitrogens with one attached hydrogen (secondary N) is 2.